The van der Waals surface area contributed by atoms with Crippen molar-refractivity contribution in [1.29, 1.82) is 0 Å². The Balaban J connectivity index is 1.70. The van der Waals surface area contributed by atoms with Crippen molar-refractivity contribution in [2.45, 2.75) is 26.0 Å². The van der Waals surface area contributed by atoms with E-state index in [-0.39, 0.29) is 17.6 Å². The van der Waals surface area contributed by atoms with Crippen LogP contribution >= 0.6 is 0 Å². The number of aromatic nitrogens is 1. The highest BCUT2D eigenvalue weighted by atomic mass is 16.5. The lowest BCUT2D eigenvalue weighted by atomic mass is 10.2. The Morgan fingerprint density at radius 1 is 1.30 bits per heavy atom. The molecular formula is C17H20N2O4. The second kappa shape index (κ2) is 6.83. The lowest BCUT2D eigenvalue weighted by Crippen LogP contribution is -2.45. The van der Waals surface area contributed by atoms with E-state index in [1.807, 2.05) is 6.92 Å². The number of nitrogens with zero attached hydrogens (tertiary/aromatic N) is 2. The Labute approximate surface area is 134 Å². The number of carbonyl (C=O) groups is 1. The number of amides is 1. The first-order valence-corrected chi connectivity index (χ1v) is 7.82. The van der Waals surface area contributed by atoms with Gasteiger partial charge in [0, 0.05) is 25.4 Å². The summed E-state index contributed by atoms with van der Waals surface area (Å²) in [5.74, 6) is 0.765. The molecule has 2 aromatic heterocycles. The van der Waals surface area contributed by atoms with Crippen molar-refractivity contribution in [3.05, 3.63) is 58.4 Å². The molecule has 0 aromatic carbocycles. The average Bonchev–Trinajstić information content (AvgIpc) is 3.05. The Hall–Kier alpha value is -2.34. The molecule has 1 fully saturated rings. The summed E-state index contributed by atoms with van der Waals surface area (Å²) in [6, 6.07) is 8.38. The number of rotatable bonds is 4. The van der Waals surface area contributed by atoms with Gasteiger partial charge in [-0.1, -0.05) is 13.0 Å². The van der Waals surface area contributed by atoms with E-state index in [2.05, 4.69) is 0 Å². The summed E-state index contributed by atoms with van der Waals surface area (Å²) in [6.45, 7) is 4.07. The zero-order valence-corrected chi connectivity index (χ0v) is 13.1. The number of furan rings is 1. The van der Waals surface area contributed by atoms with Crippen LogP contribution in [0.25, 0.3) is 0 Å². The van der Waals surface area contributed by atoms with Crippen LogP contribution in [0.15, 0.2) is 45.7 Å². The summed E-state index contributed by atoms with van der Waals surface area (Å²) in [4.78, 5) is 26.0. The third kappa shape index (κ3) is 3.53. The third-order valence-electron chi connectivity index (χ3n) is 3.98. The fourth-order valence-electron chi connectivity index (χ4n) is 2.64. The maximum atomic E-state index is 12.5. The molecule has 6 heteroatoms. The standard InChI is InChI=1S/C17H20N2O4/c1-2-13-11-19(9-10-22-13)17(21)15-7-6-14(23-15)12-18-8-4-3-5-16(18)20/h3-8,13H,2,9-12H2,1H3/t13-/m0/s1. The molecule has 2 aromatic rings. The van der Waals surface area contributed by atoms with Crippen molar-refractivity contribution in [1.82, 2.24) is 9.47 Å². The summed E-state index contributed by atoms with van der Waals surface area (Å²) in [5.41, 5.74) is -0.101. The van der Waals surface area contributed by atoms with Crippen LogP contribution in [0.4, 0.5) is 0 Å². The van der Waals surface area contributed by atoms with Crippen LogP contribution in [-0.2, 0) is 11.3 Å². The second-order valence-corrected chi connectivity index (χ2v) is 5.58. The van der Waals surface area contributed by atoms with Crippen LogP contribution in [0.5, 0.6) is 0 Å². The van der Waals surface area contributed by atoms with E-state index in [0.29, 0.717) is 37.8 Å². The molecule has 1 aliphatic heterocycles. The normalized spacial score (nSPS) is 18.1. The number of pyridine rings is 1. The van der Waals surface area contributed by atoms with Crippen LogP contribution in [0.3, 0.4) is 0 Å². The quantitative estimate of drug-likeness (QED) is 0.862. The number of ether oxygens (including phenoxy) is 1. The Kier molecular flexibility index (Phi) is 4.62. The van der Waals surface area contributed by atoms with Gasteiger partial charge < -0.3 is 18.6 Å². The van der Waals surface area contributed by atoms with Gasteiger partial charge in [-0.05, 0) is 24.6 Å². The summed E-state index contributed by atoms with van der Waals surface area (Å²) in [6.07, 6.45) is 2.66. The van der Waals surface area contributed by atoms with Gasteiger partial charge in [0.15, 0.2) is 5.76 Å². The van der Waals surface area contributed by atoms with Crippen molar-refractivity contribution in [2.75, 3.05) is 19.7 Å². The van der Waals surface area contributed by atoms with Crippen molar-refractivity contribution in [2.24, 2.45) is 0 Å². The van der Waals surface area contributed by atoms with Crippen LogP contribution in [0.2, 0.25) is 0 Å². The number of morpholine rings is 1. The minimum atomic E-state index is -0.126. The summed E-state index contributed by atoms with van der Waals surface area (Å²) in [5, 5.41) is 0. The van der Waals surface area contributed by atoms with Gasteiger partial charge in [0.1, 0.15) is 5.76 Å². The molecule has 0 saturated carbocycles. The SMILES string of the molecule is CC[C@H]1CN(C(=O)c2ccc(Cn3ccccc3=O)o2)CCO1. The molecule has 0 radical (unpaired) electrons. The van der Waals surface area contributed by atoms with Gasteiger partial charge in [0.05, 0.1) is 19.3 Å². The minimum Gasteiger partial charge on any atom is -0.454 e. The Morgan fingerprint density at radius 2 is 2.17 bits per heavy atom. The zero-order chi connectivity index (χ0) is 16.2. The third-order valence-corrected chi connectivity index (χ3v) is 3.98. The molecule has 0 bridgehead atoms. The number of hydrogen-bond acceptors (Lipinski definition) is 4. The van der Waals surface area contributed by atoms with E-state index in [1.54, 1.807) is 35.4 Å². The lowest BCUT2D eigenvalue weighted by Gasteiger charge is -2.31. The summed E-state index contributed by atoms with van der Waals surface area (Å²) >= 11 is 0. The average molecular weight is 316 g/mol. The van der Waals surface area contributed by atoms with Gasteiger partial charge in [-0.2, -0.15) is 0 Å². The van der Waals surface area contributed by atoms with E-state index in [4.69, 9.17) is 9.15 Å². The van der Waals surface area contributed by atoms with Gasteiger partial charge in [-0.3, -0.25) is 9.59 Å². The molecule has 0 unspecified atom stereocenters. The van der Waals surface area contributed by atoms with Crippen LogP contribution in [-0.4, -0.2) is 41.2 Å². The monoisotopic (exact) mass is 316 g/mol. The molecule has 6 nitrogen and oxygen atoms in total. The smallest absolute Gasteiger partial charge is 0.289 e. The molecule has 3 rings (SSSR count). The predicted molar refractivity (Wildman–Crippen MR) is 84.4 cm³/mol. The van der Waals surface area contributed by atoms with Crippen LogP contribution < -0.4 is 5.56 Å². The van der Waals surface area contributed by atoms with Crippen molar-refractivity contribution >= 4 is 5.91 Å². The van der Waals surface area contributed by atoms with Gasteiger partial charge in [0.2, 0.25) is 0 Å². The highest BCUT2D eigenvalue weighted by molar-refractivity contribution is 5.91. The molecule has 122 valence electrons. The van der Waals surface area contributed by atoms with Gasteiger partial charge >= 0.3 is 0 Å². The summed E-state index contributed by atoms with van der Waals surface area (Å²) in [7, 11) is 0. The Morgan fingerprint density at radius 3 is 2.96 bits per heavy atom. The van der Waals surface area contributed by atoms with Crippen molar-refractivity contribution in [3.63, 3.8) is 0 Å². The maximum Gasteiger partial charge on any atom is 0.289 e. The molecule has 1 aliphatic rings. The van der Waals surface area contributed by atoms with Gasteiger partial charge in [-0.15, -0.1) is 0 Å². The largest absolute Gasteiger partial charge is 0.454 e. The lowest BCUT2D eigenvalue weighted by molar-refractivity contribution is -0.0236. The fraction of sp³-hybridized carbons (Fsp3) is 0.412. The predicted octanol–water partition coefficient (Wildman–Crippen LogP) is 1.74. The van der Waals surface area contributed by atoms with Crippen LogP contribution in [0.1, 0.15) is 29.7 Å². The first-order chi connectivity index (χ1) is 11.2. The molecule has 0 spiro atoms. The Bertz CT molecular complexity index is 734. The maximum absolute atomic E-state index is 12.5. The van der Waals surface area contributed by atoms with Crippen LogP contribution in [0, 0.1) is 0 Å². The fourth-order valence-corrected chi connectivity index (χ4v) is 2.64. The number of hydrogen-bond donors (Lipinski definition) is 0. The summed E-state index contributed by atoms with van der Waals surface area (Å²) < 4.78 is 12.7. The van der Waals surface area contributed by atoms with E-state index in [0.717, 1.165) is 6.42 Å². The van der Waals surface area contributed by atoms with Gasteiger partial charge in [-0.25, -0.2) is 0 Å². The molecule has 0 aliphatic carbocycles. The van der Waals surface area contributed by atoms with E-state index < -0.39 is 0 Å². The molecule has 1 atom stereocenters. The first kappa shape index (κ1) is 15.6. The van der Waals surface area contributed by atoms with E-state index >= 15 is 0 Å². The van der Waals surface area contributed by atoms with Gasteiger partial charge in [0.25, 0.3) is 11.5 Å². The van der Waals surface area contributed by atoms with E-state index in [9.17, 15) is 9.59 Å². The molecular weight excluding hydrogens is 296 g/mol. The first-order valence-electron chi connectivity index (χ1n) is 7.82. The topological polar surface area (TPSA) is 64.7 Å². The van der Waals surface area contributed by atoms with Crippen molar-refractivity contribution < 1.29 is 13.9 Å². The highest BCUT2D eigenvalue weighted by Crippen LogP contribution is 2.15. The minimum absolute atomic E-state index is 0.0880. The van der Waals surface area contributed by atoms with E-state index in [1.165, 1.54) is 10.6 Å². The molecule has 23 heavy (non-hydrogen) atoms. The molecule has 3 heterocycles. The zero-order valence-electron chi connectivity index (χ0n) is 13.1. The highest BCUT2D eigenvalue weighted by Gasteiger charge is 2.25. The second-order valence-electron chi connectivity index (χ2n) is 5.58. The van der Waals surface area contributed by atoms with Crippen molar-refractivity contribution in [3.8, 4) is 0 Å². The molecule has 0 N–H and O–H groups in total. The molecule has 1 amide bonds. The molecule has 1 saturated heterocycles. The number of carbonyl (C=O) groups excluding carboxylic acids is 1.